The lowest BCUT2D eigenvalue weighted by Gasteiger charge is -2.06. The van der Waals surface area contributed by atoms with Crippen molar-refractivity contribution in [1.29, 1.82) is 0 Å². The molecule has 2 aromatic rings. The van der Waals surface area contributed by atoms with E-state index in [1.54, 1.807) is 21.6 Å². The molecular formula is C19H19NO4S2. The second-order valence-electron chi connectivity index (χ2n) is 5.09. The van der Waals surface area contributed by atoms with Crippen LogP contribution in [-0.2, 0) is 27.5 Å². The molecule has 0 radical (unpaired) electrons. The first-order valence-electron chi connectivity index (χ1n) is 7.77. The molecule has 0 unspecified atom stereocenters. The number of amides is 1. The lowest BCUT2D eigenvalue weighted by molar-refractivity contribution is -0.138. The molecule has 7 heteroatoms. The van der Waals surface area contributed by atoms with Gasteiger partial charge in [-0.15, -0.1) is 0 Å². The molecule has 0 aliphatic carbocycles. The third-order valence-electron chi connectivity index (χ3n) is 3.20. The summed E-state index contributed by atoms with van der Waals surface area (Å²) in [5.74, 6) is -0.428. The second kappa shape index (κ2) is 10.6. The predicted octanol–water partition coefficient (Wildman–Crippen LogP) is 4.57. The zero-order valence-corrected chi connectivity index (χ0v) is 15.9. The van der Waals surface area contributed by atoms with E-state index >= 15 is 0 Å². The van der Waals surface area contributed by atoms with Crippen LogP contribution in [0.15, 0.2) is 71.0 Å². The van der Waals surface area contributed by atoms with Crippen LogP contribution in [0.4, 0.5) is 4.79 Å². The van der Waals surface area contributed by atoms with Crippen molar-refractivity contribution < 1.29 is 19.1 Å². The van der Waals surface area contributed by atoms with Gasteiger partial charge in [0.05, 0.1) is 0 Å². The van der Waals surface area contributed by atoms with Crippen molar-refractivity contribution in [2.45, 2.75) is 23.0 Å². The molecule has 0 saturated heterocycles. The fourth-order valence-corrected chi connectivity index (χ4v) is 3.74. The van der Waals surface area contributed by atoms with Crippen LogP contribution < -0.4 is 5.32 Å². The van der Waals surface area contributed by atoms with Gasteiger partial charge in [0.1, 0.15) is 13.2 Å². The topological polar surface area (TPSA) is 64.6 Å². The van der Waals surface area contributed by atoms with E-state index in [-0.39, 0.29) is 13.2 Å². The van der Waals surface area contributed by atoms with Crippen molar-refractivity contribution in [2.24, 2.45) is 0 Å². The third kappa shape index (κ3) is 6.85. The summed E-state index contributed by atoms with van der Waals surface area (Å²) < 4.78 is 10.00. The molecule has 2 rings (SSSR count). The molecule has 26 heavy (non-hydrogen) atoms. The summed E-state index contributed by atoms with van der Waals surface area (Å²) in [7, 11) is 4.80. The minimum absolute atomic E-state index is 0.239. The largest absolute Gasteiger partial charge is 0.458 e. The third-order valence-corrected chi connectivity index (χ3v) is 5.62. The van der Waals surface area contributed by atoms with E-state index in [1.165, 1.54) is 7.05 Å². The molecule has 0 aliphatic heterocycles. The zero-order chi connectivity index (χ0) is 18.8. The molecular weight excluding hydrogens is 370 g/mol. The van der Waals surface area contributed by atoms with Gasteiger partial charge in [0.15, 0.2) is 0 Å². The summed E-state index contributed by atoms with van der Waals surface area (Å²) in [6.07, 6.45) is 0.707. The highest BCUT2D eigenvalue weighted by atomic mass is 33.1. The van der Waals surface area contributed by atoms with Crippen LogP contribution in [0.2, 0.25) is 0 Å². The number of benzene rings is 2. The van der Waals surface area contributed by atoms with Crippen LogP contribution in [0, 0.1) is 0 Å². The molecule has 0 saturated carbocycles. The number of hydrogen-bond donors (Lipinski definition) is 1. The average molecular weight is 389 g/mol. The van der Waals surface area contributed by atoms with E-state index < -0.39 is 12.1 Å². The van der Waals surface area contributed by atoms with Gasteiger partial charge >= 0.3 is 12.1 Å². The minimum atomic E-state index is -0.443. The van der Waals surface area contributed by atoms with Crippen molar-refractivity contribution in [1.82, 2.24) is 5.32 Å². The fourth-order valence-electron chi connectivity index (χ4n) is 1.81. The van der Waals surface area contributed by atoms with Crippen LogP contribution >= 0.6 is 21.6 Å². The Hall–Kier alpha value is -2.38. The Kier molecular flexibility index (Phi) is 8.11. The molecule has 0 spiro atoms. The number of nitrogens with one attached hydrogen (secondary N) is 1. The SMILES string of the molecule is C=CC(=O)OCc1ccc(SSc2ccc(COC(=O)NC)cc2)cc1. The molecule has 2 aromatic carbocycles. The van der Waals surface area contributed by atoms with Gasteiger partial charge in [-0.3, -0.25) is 0 Å². The smallest absolute Gasteiger partial charge is 0.407 e. The van der Waals surface area contributed by atoms with Gasteiger partial charge in [0, 0.05) is 22.9 Å². The van der Waals surface area contributed by atoms with E-state index in [0.29, 0.717) is 0 Å². The summed E-state index contributed by atoms with van der Waals surface area (Å²) in [5, 5.41) is 2.41. The van der Waals surface area contributed by atoms with Gasteiger partial charge in [-0.1, -0.05) is 52.4 Å². The van der Waals surface area contributed by atoms with E-state index in [1.807, 2.05) is 48.5 Å². The summed E-state index contributed by atoms with van der Waals surface area (Å²) in [6, 6.07) is 15.7. The number of esters is 1. The van der Waals surface area contributed by atoms with Crippen LogP contribution in [-0.4, -0.2) is 19.1 Å². The van der Waals surface area contributed by atoms with Gasteiger partial charge in [0.25, 0.3) is 0 Å². The molecule has 0 aliphatic rings. The van der Waals surface area contributed by atoms with Gasteiger partial charge in [-0.25, -0.2) is 9.59 Å². The molecule has 0 fully saturated rings. The van der Waals surface area contributed by atoms with Crippen molar-refractivity contribution in [3.8, 4) is 0 Å². The zero-order valence-electron chi connectivity index (χ0n) is 14.3. The standard InChI is InChI=1S/C19H19NO4S2/c1-3-18(21)23-12-14-4-8-16(9-5-14)25-26-17-10-6-15(7-11-17)13-24-19(22)20-2/h3-11H,1,12-13H2,2H3,(H,20,22). The fraction of sp³-hybridized carbons (Fsp3) is 0.158. The van der Waals surface area contributed by atoms with Gasteiger partial charge in [-0.05, 0) is 35.4 Å². The molecule has 0 aromatic heterocycles. The molecule has 0 atom stereocenters. The van der Waals surface area contributed by atoms with Gasteiger partial charge < -0.3 is 14.8 Å². The molecule has 136 valence electrons. The first-order chi connectivity index (χ1) is 12.6. The van der Waals surface area contributed by atoms with Crippen molar-refractivity contribution >= 4 is 33.7 Å². The van der Waals surface area contributed by atoms with Crippen LogP contribution in [0.25, 0.3) is 0 Å². The Morgan fingerprint density at radius 2 is 1.38 bits per heavy atom. The highest BCUT2D eigenvalue weighted by Gasteiger charge is 2.03. The molecule has 5 nitrogen and oxygen atoms in total. The monoisotopic (exact) mass is 389 g/mol. The van der Waals surface area contributed by atoms with Crippen LogP contribution in [0.5, 0.6) is 0 Å². The average Bonchev–Trinajstić information content (AvgIpc) is 2.70. The highest BCUT2D eigenvalue weighted by molar-refractivity contribution is 8.76. The lowest BCUT2D eigenvalue weighted by atomic mass is 10.2. The first kappa shape index (κ1) is 19.9. The lowest BCUT2D eigenvalue weighted by Crippen LogP contribution is -2.18. The van der Waals surface area contributed by atoms with Crippen molar-refractivity contribution in [2.75, 3.05) is 7.05 Å². The number of alkyl carbamates (subject to hydrolysis) is 1. The summed E-state index contributed by atoms with van der Waals surface area (Å²) in [5.41, 5.74) is 1.86. The first-order valence-corrected chi connectivity index (χ1v) is 9.92. The van der Waals surface area contributed by atoms with Gasteiger partial charge in [0.2, 0.25) is 0 Å². The minimum Gasteiger partial charge on any atom is -0.458 e. The summed E-state index contributed by atoms with van der Waals surface area (Å²) in [6.45, 7) is 3.85. The Labute approximate surface area is 160 Å². The normalized spacial score (nSPS) is 10.0. The Bertz CT molecular complexity index is 745. The molecule has 1 N–H and O–H groups in total. The number of carbonyl (C=O) groups excluding carboxylic acids is 2. The summed E-state index contributed by atoms with van der Waals surface area (Å²) >= 11 is 0. The Balaban J connectivity index is 1.80. The van der Waals surface area contributed by atoms with Gasteiger partial charge in [-0.2, -0.15) is 0 Å². The number of rotatable bonds is 8. The predicted molar refractivity (Wildman–Crippen MR) is 104 cm³/mol. The van der Waals surface area contributed by atoms with Crippen molar-refractivity contribution in [3.63, 3.8) is 0 Å². The van der Waals surface area contributed by atoms with E-state index in [2.05, 4.69) is 11.9 Å². The van der Waals surface area contributed by atoms with Crippen LogP contribution in [0.1, 0.15) is 11.1 Å². The maximum absolute atomic E-state index is 11.1. The number of ether oxygens (including phenoxy) is 2. The Morgan fingerprint density at radius 1 is 0.923 bits per heavy atom. The quantitative estimate of drug-likeness (QED) is 0.405. The van der Waals surface area contributed by atoms with E-state index in [4.69, 9.17) is 9.47 Å². The maximum Gasteiger partial charge on any atom is 0.407 e. The highest BCUT2D eigenvalue weighted by Crippen LogP contribution is 2.37. The van der Waals surface area contributed by atoms with Crippen molar-refractivity contribution in [3.05, 3.63) is 72.3 Å². The summed E-state index contributed by atoms with van der Waals surface area (Å²) in [4.78, 5) is 24.3. The van der Waals surface area contributed by atoms with E-state index in [0.717, 1.165) is 27.0 Å². The maximum atomic E-state index is 11.1. The van der Waals surface area contributed by atoms with Crippen LogP contribution in [0.3, 0.4) is 0 Å². The Morgan fingerprint density at radius 3 is 1.81 bits per heavy atom. The molecule has 1 amide bonds. The second-order valence-corrected chi connectivity index (χ2v) is 7.37. The van der Waals surface area contributed by atoms with E-state index in [9.17, 15) is 9.59 Å². The number of hydrogen-bond acceptors (Lipinski definition) is 6. The number of carbonyl (C=O) groups is 2. The molecule has 0 bridgehead atoms. The molecule has 0 heterocycles.